The lowest BCUT2D eigenvalue weighted by atomic mass is 9.70. The van der Waals surface area contributed by atoms with E-state index in [1.54, 1.807) is 16.3 Å². The summed E-state index contributed by atoms with van der Waals surface area (Å²) in [4.78, 5) is 32.7. The van der Waals surface area contributed by atoms with Crippen LogP contribution in [0, 0.1) is 36.5 Å². The molecule has 4 fully saturated rings. The number of aryl methyl sites for hydroxylation is 2. The van der Waals surface area contributed by atoms with Gasteiger partial charge in [0, 0.05) is 46.6 Å². The molecule has 258 valence electrons. The Morgan fingerprint density at radius 3 is 2.67 bits per heavy atom. The van der Waals surface area contributed by atoms with Gasteiger partial charge in [0.25, 0.3) is 5.56 Å². The SMILES string of the molecule is Cc1nc2c(c(=O)n1CCOC1CCC(Cl)CC1C1CC(C)NC3C(C(=O)O)CSC13)C[C@H](N(C)CC1CC(C(F)(F)F)C1)CC2. The molecule has 0 spiro atoms. The Bertz CT molecular complexity index is 1330. The maximum absolute atomic E-state index is 13.8. The Hall–Kier alpha value is -1.34. The van der Waals surface area contributed by atoms with Crippen LogP contribution < -0.4 is 10.9 Å². The minimum atomic E-state index is -4.10. The maximum atomic E-state index is 13.8. The molecule has 13 heteroatoms. The van der Waals surface area contributed by atoms with E-state index in [2.05, 4.69) is 17.1 Å². The third-order valence-corrected chi connectivity index (χ3v) is 13.6. The van der Waals surface area contributed by atoms with Gasteiger partial charge in [0.05, 0.1) is 36.8 Å². The summed E-state index contributed by atoms with van der Waals surface area (Å²) < 4.78 is 47.2. The van der Waals surface area contributed by atoms with Crippen LogP contribution >= 0.6 is 23.4 Å². The van der Waals surface area contributed by atoms with Crippen LogP contribution in [0.25, 0.3) is 0 Å². The van der Waals surface area contributed by atoms with E-state index >= 15 is 0 Å². The molecule has 2 N–H and O–H groups in total. The molecule has 0 aromatic carbocycles. The summed E-state index contributed by atoms with van der Waals surface area (Å²) in [7, 11) is 1.97. The lowest BCUT2D eigenvalue weighted by Gasteiger charge is -2.47. The zero-order valence-electron chi connectivity index (χ0n) is 27.0. The Morgan fingerprint density at radius 2 is 1.96 bits per heavy atom. The number of aromatic nitrogens is 2. The van der Waals surface area contributed by atoms with E-state index in [1.807, 2.05) is 14.0 Å². The minimum Gasteiger partial charge on any atom is -0.481 e. The molecule has 8 unspecified atom stereocenters. The number of ether oxygens (including phenoxy) is 1. The third kappa shape index (κ3) is 7.16. The first kappa shape index (κ1) is 34.5. The number of halogens is 4. The molecule has 9 atom stereocenters. The molecule has 3 aliphatic carbocycles. The molecule has 3 heterocycles. The van der Waals surface area contributed by atoms with E-state index in [9.17, 15) is 27.9 Å². The molecule has 46 heavy (non-hydrogen) atoms. The monoisotopic (exact) mass is 688 g/mol. The lowest BCUT2D eigenvalue weighted by molar-refractivity contribution is -0.205. The fourth-order valence-corrected chi connectivity index (χ4v) is 11.2. The highest BCUT2D eigenvalue weighted by atomic mass is 35.5. The zero-order chi connectivity index (χ0) is 32.9. The van der Waals surface area contributed by atoms with E-state index < -0.39 is 18.1 Å². The number of rotatable bonds is 9. The van der Waals surface area contributed by atoms with E-state index in [1.165, 1.54) is 0 Å². The molecule has 1 aromatic rings. The molecule has 1 aromatic heterocycles. The number of piperidine rings is 1. The van der Waals surface area contributed by atoms with Crippen LogP contribution in [0.2, 0.25) is 0 Å². The van der Waals surface area contributed by atoms with Crippen LogP contribution in [0.4, 0.5) is 13.2 Å². The summed E-state index contributed by atoms with van der Waals surface area (Å²) in [5.41, 5.74) is 1.52. The van der Waals surface area contributed by atoms with Gasteiger partial charge in [-0.3, -0.25) is 14.2 Å². The highest BCUT2D eigenvalue weighted by Gasteiger charge is 2.52. The summed E-state index contributed by atoms with van der Waals surface area (Å²) in [6.07, 6.45) is 1.88. The number of nitrogens with one attached hydrogen (secondary N) is 1. The van der Waals surface area contributed by atoms with E-state index in [-0.39, 0.29) is 71.0 Å². The number of alkyl halides is 4. The average Bonchev–Trinajstić information content (AvgIpc) is 3.40. The molecule has 2 saturated carbocycles. The number of likely N-dealkylation sites (N-methyl/N-ethyl adjacent to an activating group) is 1. The van der Waals surface area contributed by atoms with Crippen LogP contribution in [0.15, 0.2) is 4.79 Å². The lowest BCUT2D eigenvalue weighted by Crippen LogP contribution is -2.57. The normalized spacial score (nSPS) is 37.9. The highest BCUT2D eigenvalue weighted by Crippen LogP contribution is 2.49. The summed E-state index contributed by atoms with van der Waals surface area (Å²) in [6, 6.07) is 0.277. The maximum Gasteiger partial charge on any atom is 0.391 e. The minimum absolute atomic E-state index is 0.00139. The van der Waals surface area contributed by atoms with Gasteiger partial charge in [-0.1, -0.05) is 0 Å². The van der Waals surface area contributed by atoms with Crippen LogP contribution in [0.5, 0.6) is 0 Å². The van der Waals surface area contributed by atoms with Crippen molar-refractivity contribution in [2.24, 2.45) is 29.6 Å². The van der Waals surface area contributed by atoms with Crippen LogP contribution in [-0.2, 0) is 28.9 Å². The number of nitrogens with zero attached hydrogens (tertiary/aromatic N) is 3. The van der Waals surface area contributed by atoms with Gasteiger partial charge < -0.3 is 20.1 Å². The number of carboxylic acids is 1. The number of hydrogen-bond donors (Lipinski definition) is 2. The van der Waals surface area contributed by atoms with Gasteiger partial charge in [0.15, 0.2) is 0 Å². The smallest absolute Gasteiger partial charge is 0.391 e. The predicted octanol–water partition coefficient (Wildman–Crippen LogP) is 4.90. The predicted molar refractivity (Wildman–Crippen MR) is 173 cm³/mol. The van der Waals surface area contributed by atoms with Crippen molar-refractivity contribution in [2.45, 2.75) is 119 Å². The second kappa shape index (κ2) is 13.9. The zero-order valence-corrected chi connectivity index (χ0v) is 28.5. The van der Waals surface area contributed by atoms with Crippen molar-refractivity contribution in [1.29, 1.82) is 0 Å². The number of carbonyl (C=O) groups is 1. The van der Waals surface area contributed by atoms with Gasteiger partial charge in [0.2, 0.25) is 0 Å². The summed E-state index contributed by atoms with van der Waals surface area (Å²) >= 11 is 8.49. The summed E-state index contributed by atoms with van der Waals surface area (Å²) in [5, 5.41) is 13.7. The quantitative estimate of drug-likeness (QED) is 0.354. The number of aliphatic carboxylic acids is 1. The molecule has 2 saturated heterocycles. The highest BCUT2D eigenvalue weighted by molar-refractivity contribution is 8.00. The van der Waals surface area contributed by atoms with Gasteiger partial charge >= 0.3 is 12.1 Å². The van der Waals surface area contributed by atoms with E-state index in [0.29, 0.717) is 50.0 Å². The summed E-state index contributed by atoms with van der Waals surface area (Å²) in [6.45, 7) is 5.39. The van der Waals surface area contributed by atoms with Gasteiger partial charge in [-0.05, 0) is 96.4 Å². The Morgan fingerprint density at radius 1 is 1.20 bits per heavy atom. The van der Waals surface area contributed by atoms with Crippen LogP contribution in [0.3, 0.4) is 0 Å². The summed E-state index contributed by atoms with van der Waals surface area (Å²) in [5.74, 6) is -0.424. The van der Waals surface area contributed by atoms with E-state index in [0.717, 1.165) is 43.4 Å². The molecule has 0 radical (unpaired) electrons. The number of fused-ring (bicyclic) bond motifs is 2. The Kier molecular flexibility index (Phi) is 10.4. The van der Waals surface area contributed by atoms with Crippen molar-refractivity contribution in [3.63, 3.8) is 0 Å². The average molecular weight is 689 g/mol. The van der Waals surface area contributed by atoms with Crippen LogP contribution in [0.1, 0.15) is 69.0 Å². The number of thioether (sulfide) groups is 1. The fourth-order valence-electron chi connectivity index (χ4n) is 9.07. The first-order chi connectivity index (χ1) is 21.8. The number of hydrogen-bond acceptors (Lipinski definition) is 7. The molecule has 0 amide bonds. The molecule has 8 nitrogen and oxygen atoms in total. The van der Waals surface area contributed by atoms with Crippen molar-refractivity contribution < 1.29 is 27.8 Å². The van der Waals surface area contributed by atoms with Gasteiger partial charge in [-0.15, -0.1) is 11.6 Å². The largest absolute Gasteiger partial charge is 0.481 e. The third-order valence-electron chi connectivity index (χ3n) is 11.6. The number of carboxylic acid groups (broad SMARTS) is 1. The van der Waals surface area contributed by atoms with Gasteiger partial charge in [-0.2, -0.15) is 24.9 Å². The standard InChI is InChI=1S/C33H48ClF3N4O4S/c1-17-10-24(30-29(38-17)26(16-46-30)32(43)44)23-13-21(34)4-7-28(23)45-9-8-41-18(2)39-27-6-5-22(14-25(27)31(41)42)40(3)15-19-11-20(12-19)33(35,36)37/h17,19-24,26,28-30,38H,4-16H2,1-3H3,(H,43,44)/t17?,19?,20?,21?,22-,23?,24?,26?,28?,29?,30?/m1/s1. The van der Waals surface area contributed by atoms with Crippen molar-refractivity contribution in [1.82, 2.24) is 19.8 Å². The van der Waals surface area contributed by atoms with Crippen molar-refractivity contribution in [3.05, 3.63) is 27.4 Å². The fraction of sp³-hybridized carbons (Fsp3) is 0.848. The van der Waals surface area contributed by atoms with Crippen molar-refractivity contribution in [3.8, 4) is 0 Å². The van der Waals surface area contributed by atoms with Gasteiger partial charge in [0.1, 0.15) is 5.82 Å². The van der Waals surface area contributed by atoms with Crippen LogP contribution in [-0.4, -0.2) is 92.5 Å². The molecule has 0 bridgehead atoms. The molecular formula is C33H48ClF3N4O4S. The van der Waals surface area contributed by atoms with Gasteiger partial charge in [-0.25, -0.2) is 4.98 Å². The van der Waals surface area contributed by atoms with Crippen molar-refractivity contribution in [2.75, 3.05) is 26.0 Å². The molecule has 5 aliphatic rings. The Balaban J connectivity index is 1.09. The Labute approximate surface area is 278 Å². The van der Waals surface area contributed by atoms with Crippen molar-refractivity contribution >= 4 is 29.3 Å². The molecule has 2 aliphatic heterocycles. The molecular weight excluding hydrogens is 641 g/mol. The second-order valence-electron chi connectivity index (χ2n) is 14.7. The second-order valence-corrected chi connectivity index (χ2v) is 16.5. The first-order valence-corrected chi connectivity index (χ1v) is 18.5. The molecule has 6 rings (SSSR count). The topological polar surface area (TPSA) is 96.7 Å². The van der Waals surface area contributed by atoms with E-state index in [4.69, 9.17) is 21.3 Å². The first-order valence-electron chi connectivity index (χ1n) is 17.0.